The van der Waals surface area contributed by atoms with E-state index in [2.05, 4.69) is 30.1 Å². The van der Waals surface area contributed by atoms with Crippen LogP contribution in [0.5, 0.6) is 6.01 Å². The van der Waals surface area contributed by atoms with Gasteiger partial charge < -0.3 is 15.0 Å². The summed E-state index contributed by atoms with van der Waals surface area (Å²) in [7, 11) is 1.81. The van der Waals surface area contributed by atoms with Crippen LogP contribution in [0.2, 0.25) is 0 Å². The maximum atomic E-state index is 5.62. The topological polar surface area (TPSA) is 66.4 Å². The molecule has 2 fully saturated rings. The molecule has 1 N–H and O–H groups in total. The number of ether oxygens (including phenoxy) is 1. The average molecular weight is 292 g/mol. The molecule has 2 aliphatic rings. The Balaban J connectivity index is 1.71. The van der Waals surface area contributed by atoms with E-state index < -0.39 is 0 Å². The molecule has 7 nitrogen and oxygen atoms in total. The lowest BCUT2D eigenvalue weighted by Gasteiger charge is -2.34. The third-order valence-corrected chi connectivity index (χ3v) is 3.83. The summed E-state index contributed by atoms with van der Waals surface area (Å²) in [5.41, 5.74) is 0. The Bertz CT molecular complexity index is 482. The highest BCUT2D eigenvalue weighted by atomic mass is 16.5. The zero-order valence-electron chi connectivity index (χ0n) is 13.0. The van der Waals surface area contributed by atoms with Crippen LogP contribution >= 0.6 is 0 Å². The molecule has 1 aromatic heterocycles. The summed E-state index contributed by atoms with van der Waals surface area (Å²) in [6.07, 6.45) is 2.78. The molecule has 1 saturated carbocycles. The number of hydrogen-bond acceptors (Lipinski definition) is 7. The second-order valence-corrected chi connectivity index (χ2v) is 5.91. The minimum absolute atomic E-state index is 0.0525. The summed E-state index contributed by atoms with van der Waals surface area (Å²) in [5, 5.41) is 2.98. The fraction of sp³-hybridized carbons (Fsp3) is 0.786. The van der Waals surface area contributed by atoms with Crippen LogP contribution in [0.25, 0.3) is 0 Å². The summed E-state index contributed by atoms with van der Waals surface area (Å²) in [5.74, 6) is 1.26. The third kappa shape index (κ3) is 3.53. The van der Waals surface area contributed by atoms with Crippen LogP contribution in [0.1, 0.15) is 26.7 Å². The Labute approximate surface area is 125 Å². The van der Waals surface area contributed by atoms with Gasteiger partial charge in [-0.3, -0.25) is 4.90 Å². The van der Waals surface area contributed by atoms with Crippen molar-refractivity contribution in [2.75, 3.05) is 43.4 Å². The standard InChI is InChI=1S/C14H24N6O/c1-10(2)21-14-17-12(15-3)16-13(18-14)20-8-6-19(7-9-20)11-4-5-11/h10-11H,4-9H2,1-3H3,(H,15,16,17,18). The first-order chi connectivity index (χ1) is 10.2. The molecule has 0 radical (unpaired) electrons. The van der Waals surface area contributed by atoms with E-state index in [1.54, 1.807) is 0 Å². The van der Waals surface area contributed by atoms with Crippen molar-refractivity contribution >= 4 is 11.9 Å². The molecular weight excluding hydrogens is 268 g/mol. The van der Waals surface area contributed by atoms with Crippen LogP contribution in [0.15, 0.2) is 0 Å². The number of nitrogens with one attached hydrogen (secondary N) is 1. The molecule has 7 heteroatoms. The van der Waals surface area contributed by atoms with Gasteiger partial charge in [0.2, 0.25) is 11.9 Å². The highest BCUT2D eigenvalue weighted by Gasteiger charge is 2.31. The van der Waals surface area contributed by atoms with E-state index in [-0.39, 0.29) is 6.10 Å². The molecule has 3 rings (SSSR count). The Morgan fingerprint density at radius 3 is 2.38 bits per heavy atom. The molecule has 1 aliphatic carbocycles. The Morgan fingerprint density at radius 2 is 1.81 bits per heavy atom. The number of piperazine rings is 1. The largest absolute Gasteiger partial charge is 0.461 e. The van der Waals surface area contributed by atoms with Crippen molar-refractivity contribution in [3.05, 3.63) is 0 Å². The van der Waals surface area contributed by atoms with E-state index in [0.29, 0.717) is 17.9 Å². The van der Waals surface area contributed by atoms with Gasteiger partial charge >= 0.3 is 6.01 Å². The van der Waals surface area contributed by atoms with Gasteiger partial charge in [-0.15, -0.1) is 0 Å². The highest BCUT2D eigenvalue weighted by molar-refractivity contribution is 5.38. The first kappa shape index (κ1) is 14.3. The van der Waals surface area contributed by atoms with E-state index in [0.717, 1.165) is 32.2 Å². The third-order valence-electron chi connectivity index (χ3n) is 3.83. The van der Waals surface area contributed by atoms with Crippen LogP contribution in [0.4, 0.5) is 11.9 Å². The second-order valence-electron chi connectivity index (χ2n) is 5.91. The van der Waals surface area contributed by atoms with E-state index in [1.165, 1.54) is 12.8 Å². The van der Waals surface area contributed by atoms with Crippen LogP contribution in [-0.2, 0) is 0 Å². The maximum Gasteiger partial charge on any atom is 0.323 e. The molecule has 1 aliphatic heterocycles. The molecule has 0 unspecified atom stereocenters. The first-order valence-electron chi connectivity index (χ1n) is 7.75. The number of hydrogen-bond donors (Lipinski definition) is 1. The normalized spacial score (nSPS) is 19.9. The minimum atomic E-state index is 0.0525. The molecule has 0 bridgehead atoms. The van der Waals surface area contributed by atoms with Gasteiger partial charge in [0.15, 0.2) is 0 Å². The van der Waals surface area contributed by atoms with Crippen molar-refractivity contribution in [2.24, 2.45) is 0 Å². The quantitative estimate of drug-likeness (QED) is 0.868. The molecular formula is C14H24N6O. The summed E-state index contributed by atoms with van der Waals surface area (Å²) < 4.78 is 5.62. The predicted molar refractivity (Wildman–Crippen MR) is 81.9 cm³/mol. The molecule has 1 aromatic rings. The predicted octanol–water partition coefficient (Wildman–Crippen LogP) is 0.985. The van der Waals surface area contributed by atoms with Crippen molar-refractivity contribution in [2.45, 2.75) is 38.8 Å². The summed E-state index contributed by atoms with van der Waals surface area (Å²) in [4.78, 5) is 18.0. The smallest absolute Gasteiger partial charge is 0.323 e. The van der Waals surface area contributed by atoms with Crippen molar-refractivity contribution in [1.29, 1.82) is 0 Å². The van der Waals surface area contributed by atoms with Gasteiger partial charge in [0, 0.05) is 39.3 Å². The number of nitrogens with zero attached hydrogens (tertiary/aromatic N) is 5. The highest BCUT2D eigenvalue weighted by Crippen LogP contribution is 2.28. The lowest BCUT2D eigenvalue weighted by Crippen LogP contribution is -2.47. The van der Waals surface area contributed by atoms with E-state index in [4.69, 9.17) is 4.74 Å². The number of rotatable bonds is 5. The van der Waals surface area contributed by atoms with Crippen molar-refractivity contribution in [3.63, 3.8) is 0 Å². The lowest BCUT2D eigenvalue weighted by molar-refractivity contribution is 0.220. The maximum absolute atomic E-state index is 5.62. The molecule has 0 atom stereocenters. The SMILES string of the molecule is CNc1nc(OC(C)C)nc(N2CCN(C3CC3)CC2)n1. The molecule has 0 aromatic carbocycles. The van der Waals surface area contributed by atoms with Crippen LogP contribution in [0, 0.1) is 0 Å². The van der Waals surface area contributed by atoms with Gasteiger partial charge in [-0.25, -0.2) is 0 Å². The van der Waals surface area contributed by atoms with Gasteiger partial charge in [-0.2, -0.15) is 15.0 Å². The summed E-state index contributed by atoms with van der Waals surface area (Å²) >= 11 is 0. The molecule has 21 heavy (non-hydrogen) atoms. The van der Waals surface area contributed by atoms with Crippen LogP contribution in [0.3, 0.4) is 0 Å². The van der Waals surface area contributed by atoms with Crippen LogP contribution < -0.4 is 15.0 Å². The fourth-order valence-corrected chi connectivity index (χ4v) is 2.59. The van der Waals surface area contributed by atoms with Crippen molar-refractivity contribution < 1.29 is 4.74 Å². The zero-order valence-corrected chi connectivity index (χ0v) is 13.0. The Hall–Kier alpha value is -1.63. The summed E-state index contributed by atoms with van der Waals surface area (Å²) in [6.45, 7) is 8.04. The lowest BCUT2D eigenvalue weighted by atomic mass is 10.3. The molecule has 1 saturated heterocycles. The first-order valence-corrected chi connectivity index (χ1v) is 7.75. The average Bonchev–Trinajstić information content (AvgIpc) is 3.31. The number of anilines is 2. The number of aromatic nitrogens is 3. The minimum Gasteiger partial charge on any atom is -0.461 e. The van der Waals surface area contributed by atoms with E-state index >= 15 is 0 Å². The van der Waals surface area contributed by atoms with E-state index in [9.17, 15) is 0 Å². The van der Waals surface area contributed by atoms with Crippen LogP contribution in [-0.4, -0.2) is 65.2 Å². The zero-order chi connectivity index (χ0) is 14.8. The van der Waals surface area contributed by atoms with Gasteiger partial charge in [-0.05, 0) is 26.7 Å². The van der Waals surface area contributed by atoms with Gasteiger partial charge in [0.25, 0.3) is 0 Å². The Morgan fingerprint density at radius 1 is 1.10 bits per heavy atom. The van der Waals surface area contributed by atoms with Crippen molar-refractivity contribution in [3.8, 4) is 6.01 Å². The van der Waals surface area contributed by atoms with E-state index in [1.807, 2.05) is 20.9 Å². The monoisotopic (exact) mass is 292 g/mol. The summed E-state index contributed by atoms with van der Waals surface area (Å²) in [6, 6.07) is 1.22. The molecule has 116 valence electrons. The molecule has 0 spiro atoms. The fourth-order valence-electron chi connectivity index (χ4n) is 2.59. The molecule has 2 heterocycles. The second kappa shape index (κ2) is 6.01. The van der Waals surface area contributed by atoms with Gasteiger partial charge in [0.05, 0.1) is 6.10 Å². The Kier molecular flexibility index (Phi) is 4.10. The van der Waals surface area contributed by atoms with Gasteiger partial charge in [0.1, 0.15) is 0 Å². The molecule has 0 amide bonds. The van der Waals surface area contributed by atoms with Crippen molar-refractivity contribution in [1.82, 2.24) is 19.9 Å². The van der Waals surface area contributed by atoms with Gasteiger partial charge in [-0.1, -0.05) is 0 Å².